The second-order valence-electron chi connectivity index (χ2n) is 5.08. The Hall–Kier alpha value is -2.08. The van der Waals surface area contributed by atoms with Gasteiger partial charge in [-0.2, -0.15) is 0 Å². The van der Waals surface area contributed by atoms with Gasteiger partial charge < -0.3 is 21.1 Å². The Morgan fingerprint density at radius 1 is 1.19 bits per heavy atom. The van der Waals surface area contributed by atoms with Crippen LogP contribution in [0.4, 0.5) is 0 Å². The van der Waals surface area contributed by atoms with Gasteiger partial charge in [-0.3, -0.25) is 9.59 Å². The summed E-state index contributed by atoms with van der Waals surface area (Å²) in [6.07, 6.45) is 2.43. The van der Waals surface area contributed by atoms with Crippen LogP contribution in [0.15, 0.2) is 24.3 Å². The highest BCUT2D eigenvalue weighted by atomic mass is 16.5. The van der Waals surface area contributed by atoms with Gasteiger partial charge in [-0.25, -0.2) is 0 Å². The minimum absolute atomic E-state index is 0.0175. The van der Waals surface area contributed by atoms with E-state index in [1.165, 1.54) is 0 Å². The summed E-state index contributed by atoms with van der Waals surface area (Å²) in [5, 5.41) is 5.52. The summed E-state index contributed by atoms with van der Waals surface area (Å²) in [4.78, 5) is 23.0. The highest BCUT2D eigenvalue weighted by Gasteiger charge is 2.22. The molecule has 0 spiro atoms. The molecule has 1 aromatic rings. The lowest BCUT2D eigenvalue weighted by molar-refractivity contribution is -0.123. The molecule has 0 heterocycles. The highest BCUT2D eigenvalue weighted by Crippen LogP contribution is 2.18. The van der Waals surface area contributed by atoms with E-state index in [0.29, 0.717) is 31.3 Å². The molecule has 0 aliphatic heterocycles. The maximum absolute atomic E-state index is 11.6. The largest absolute Gasteiger partial charge is 0.484 e. The minimum Gasteiger partial charge on any atom is -0.484 e. The van der Waals surface area contributed by atoms with Crippen LogP contribution >= 0.6 is 0 Å². The third kappa shape index (κ3) is 5.83. The van der Waals surface area contributed by atoms with Gasteiger partial charge in [0.05, 0.1) is 0 Å². The second kappa shape index (κ2) is 7.64. The summed E-state index contributed by atoms with van der Waals surface area (Å²) in [7, 11) is 0. The molecule has 1 aromatic carbocycles. The zero-order chi connectivity index (χ0) is 15.1. The topological polar surface area (TPSA) is 93.4 Å². The molecule has 6 heteroatoms. The fraction of sp³-hybridized carbons (Fsp3) is 0.467. The van der Waals surface area contributed by atoms with Crippen molar-refractivity contribution in [3.63, 3.8) is 0 Å². The van der Waals surface area contributed by atoms with Gasteiger partial charge in [-0.05, 0) is 30.5 Å². The van der Waals surface area contributed by atoms with Gasteiger partial charge in [0.15, 0.2) is 6.61 Å². The monoisotopic (exact) mass is 291 g/mol. The van der Waals surface area contributed by atoms with Crippen molar-refractivity contribution in [2.24, 2.45) is 5.73 Å². The van der Waals surface area contributed by atoms with Crippen molar-refractivity contribution in [2.75, 3.05) is 13.2 Å². The number of carbonyl (C=O) groups excluding carboxylic acids is 2. The maximum Gasteiger partial charge on any atom is 0.257 e. The lowest BCUT2D eigenvalue weighted by atomic mass is 10.2. The van der Waals surface area contributed by atoms with E-state index in [9.17, 15) is 9.59 Å². The van der Waals surface area contributed by atoms with Crippen LogP contribution in [0, 0.1) is 0 Å². The zero-order valence-corrected chi connectivity index (χ0v) is 11.9. The summed E-state index contributed by atoms with van der Waals surface area (Å²) in [6.45, 7) is 0.739. The zero-order valence-electron chi connectivity index (χ0n) is 11.9. The molecule has 2 rings (SSSR count). The number of nitrogens with one attached hydrogen (secondary N) is 2. The number of hydrogen-bond donors (Lipinski definition) is 3. The number of carbonyl (C=O) groups is 2. The quantitative estimate of drug-likeness (QED) is 0.642. The molecule has 1 aliphatic carbocycles. The maximum atomic E-state index is 11.6. The average Bonchev–Trinajstić information content (AvgIpc) is 3.29. The third-order valence-electron chi connectivity index (χ3n) is 3.15. The molecule has 0 unspecified atom stereocenters. The van der Waals surface area contributed by atoms with E-state index in [-0.39, 0.29) is 18.4 Å². The van der Waals surface area contributed by atoms with Gasteiger partial charge in [0.25, 0.3) is 5.91 Å². The Labute approximate surface area is 124 Å². The van der Waals surface area contributed by atoms with E-state index >= 15 is 0 Å². The Balaban J connectivity index is 1.58. The summed E-state index contributed by atoms with van der Waals surface area (Å²) < 4.78 is 5.35. The Kier molecular flexibility index (Phi) is 5.57. The smallest absolute Gasteiger partial charge is 0.257 e. The van der Waals surface area contributed by atoms with Crippen molar-refractivity contribution in [1.82, 2.24) is 10.6 Å². The van der Waals surface area contributed by atoms with E-state index < -0.39 is 0 Å². The van der Waals surface area contributed by atoms with E-state index in [0.717, 1.165) is 18.4 Å². The van der Waals surface area contributed by atoms with Crippen molar-refractivity contribution in [2.45, 2.75) is 31.8 Å². The molecule has 4 N–H and O–H groups in total. The fourth-order valence-electron chi connectivity index (χ4n) is 1.76. The normalized spacial score (nSPS) is 13.6. The molecule has 0 atom stereocenters. The lowest BCUT2D eigenvalue weighted by Gasteiger charge is -2.08. The first-order valence-corrected chi connectivity index (χ1v) is 7.15. The van der Waals surface area contributed by atoms with Crippen molar-refractivity contribution < 1.29 is 14.3 Å². The molecule has 1 saturated carbocycles. The first kappa shape index (κ1) is 15.3. The van der Waals surface area contributed by atoms with E-state index in [4.69, 9.17) is 10.5 Å². The van der Waals surface area contributed by atoms with Crippen molar-refractivity contribution in [3.05, 3.63) is 29.8 Å². The van der Waals surface area contributed by atoms with Crippen LogP contribution in [0.5, 0.6) is 5.75 Å². The first-order chi connectivity index (χ1) is 10.2. The number of benzene rings is 1. The van der Waals surface area contributed by atoms with Gasteiger partial charge >= 0.3 is 0 Å². The number of nitrogens with two attached hydrogens (primary N) is 1. The average molecular weight is 291 g/mol. The third-order valence-corrected chi connectivity index (χ3v) is 3.15. The van der Waals surface area contributed by atoms with Crippen LogP contribution in [0.25, 0.3) is 0 Å². The Morgan fingerprint density at radius 3 is 2.52 bits per heavy atom. The molecule has 114 valence electrons. The van der Waals surface area contributed by atoms with Crippen molar-refractivity contribution in [3.8, 4) is 5.75 Å². The molecule has 2 amide bonds. The van der Waals surface area contributed by atoms with Gasteiger partial charge in [-0.15, -0.1) is 0 Å². The predicted molar refractivity (Wildman–Crippen MR) is 78.6 cm³/mol. The summed E-state index contributed by atoms with van der Waals surface area (Å²) in [5.74, 6) is 0.363. The van der Waals surface area contributed by atoms with Crippen LogP contribution in [-0.2, 0) is 16.1 Å². The van der Waals surface area contributed by atoms with Crippen LogP contribution in [0.1, 0.15) is 24.8 Å². The summed E-state index contributed by atoms with van der Waals surface area (Å²) >= 11 is 0. The molecule has 0 saturated heterocycles. The molecule has 0 radical (unpaired) electrons. The number of ether oxygens (including phenoxy) is 1. The molecular weight excluding hydrogens is 270 g/mol. The van der Waals surface area contributed by atoms with Crippen LogP contribution in [0.2, 0.25) is 0 Å². The van der Waals surface area contributed by atoms with Crippen molar-refractivity contribution in [1.29, 1.82) is 0 Å². The van der Waals surface area contributed by atoms with Crippen LogP contribution < -0.4 is 21.1 Å². The summed E-state index contributed by atoms with van der Waals surface area (Å²) in [5.41, 5.74) is 6.51. The van der Waals surface area contributed by atoms with Gasteiger partial charge in [0.1, 0.15) is 5.75 Å². The molecular formula is C15H21N3O3. The van der Waals surface area contributed by atoms with E-state index in [1.807, 2.05) is 12.1 Å². The van der Waals surface area contributed by atoms with Crippen LogP contribution in [-0.4, -0.2) is 31.0 Å². The minimum atomic E-state index is -0.239. The standard InChI is InChI=1S/C15H21N3O3/c16-9-11-1-5-13(6-2-11)21-10-15(20)17-8-7-14(19)18-12-3-4-12/h1-2,5-6,12H,3-4,7-10,16H2,(H,17,20)(H,18,19). The molecule has 21 heavy (non-hydrogen) atoms. The van der Waals surface area contributed by atoms with Gasteiger partial charge in [-0.1, -0.05) is 12.1 Å². The molecule has 1 fully saturated rings. The summed E-state index contributed by atoms with van der Waals surface area (Å²) in [6, 6.07) is 7.62. The number of amides is 2. The Morgan fingerprint density at radius 2 is 1.90 bits per heavy atom. The fourth-order valence-corrected chi connectivity index (χ4v) is 1.76. The first-order valence-electron chi connectivity index (χ1n) is 7.15. The SMILES string of the molecule is NCc1ccc(OCC(=O)NCCC(=O)NC2CC2)cc1. The predicted octanol–water partition coefficient (Wildman–Crippen LogP) is 0.309. The lowest BCUT2D eigenvalue weighted by Crippen LogP contribution is -2.34. The second-order valence-corrected chi connectivity index (χ2v) is 5.08. The molecule has 0 aromatic heterocycles. The molecule has 1 aliphatic rings. The van der Waals surface area contributed by atoms with Gasteiger partial charge in [0.2, 0.25) is 5.91 Å². The molecule has 0 bridgehead atoms. The van der Waals surface area contributed by atoms with E-state index in [1.54, 1.807) is 12.1 Å². The van der Waals surface area contributed by atoms with Crippen LogP contribution in [0.3, 0.4) is 0 Å². The highest BCUT2D eigenvalue weighted by molar-refractivity contribution is 5.80. The number of rotatable bonds is 8. The van der Waals surface area contributed by atoms with Gasteiger partial charge in [0, 0.05) is 25.6 Å². The van der Waals surface area contributed by atoms with E-state index in [2.05, 4.69) is 10.6 Å². The van der Waals surface area contributed by atoms with Crippen molar-refractivity contribution >= 4 is 11.8 Å². The number of hydrogen-bond acceptors (Lipinski definition) is 4. The Bertz CT molecular complexity index is 483. The molecule has 6 nitrogen and oxygen atoms in total.